The van der Waals surface area contributed by atoms with E-state index in [1.165, 1.54) is 51.4 Å². The van der Waals surface area contributed by atoms with Gasteiger partial charge in [0.2, 0.25) is 0 Å². The van der Waals surface area contributed by atoms with Crippen LogP contribution in [-0.4, -0.2) is 11.4 Å². The Labute approximate surface area is 113 Å². The molecule has 0 saturated heterocycles. The zero-order chi connectivity index (χ0) is 13.0. The van der Waals surface area contributed by atoms with Gasteiger partial charge in [0.05, 0.1) is 0 Å². The first-order chi connectivity index (χ1) is 8.18. The minimum absolute atomic E-state index is 0.0171. The molecule has 0 amide bonds. The highest BCUT2D eigenvalue weighted by molar-refractivity contribution is 6.17. The maximum Gasteiger partial charge on any atom is 0.0240 e. The van der Waals surface area contributed by atoms with Gasteiger partial charge in [-0.3, -0.25) is 0 Å². The summed E-state index contributed by atoms with van der Waals surface area (Å²) in [6.45, 7) is 4.50. The first-order valence-corrected chi connectivity index (χ1v) is 8.07. The molecular weight excluding hydrogens is 230 g/mol. The molecule has 0 fully saturated rings. The summed E-state index contributed by atoms with van der Waals surface area (Å²) in [5.74, 6) is 0.706. The number of unbranched alkanes of at least 4 members (excludes halogenated alkanes) is 6. The lowest BCUT2D eigenvalue weighted by Gasteiger charge is -2.29. The van der Waals surface area contributed by atoms with Gasteiger partial charge < -0.3 is 5.73 Å². The molecule has 104 valence electrons. The number of hydrogen-bond donors (Lipinski definition) is 1. The second kappa shape index (κ2) is 11.3. The SMILES string of the molecule is CCCCCCC(N)(CCCl)CCCCCC. The molecule has 0 unspecified atom stereocenters. The Morgan fingerprint density at radius 1 is 0.765 bits per heavy atom. The van der Waals surface area contributed by atoms with E-state index in [1.807, 2.05) is 0 Å². The van der Waals surface area contributed by atoms with Crippen LogP contribution in [0.15, 0.2) is 0 Å². The smallest absolute Gasteiger partial charge is 0.0240 e. The summed E-state index contributed by atoms with van der Waals surface area (Å²) in [4.78, 5) is 0. The van der Waals surface area contributed by atoms with Gasteiger partial charge in [-0.1, -0.05) is 65.2 Å². The van der Waals surface area contributed by atoms with E-state index in [0.717, 1.165) is 19.3 Å². The number of rotatable bonds is 12. The van der Waals surface area contributed by atoms with Crippen molar-refractivity contribution >= 4 is 11.6 Å². The van der Waals surface area contributed by atoms with Crippen LogP contribution in [0.4, 0.5) is 0 Å². The summed E-state index contributed by atoms with van der Waals surface area (Å²) in [5.41, 5.74) is 6.51. The molecule has 0 aliphatic heterocycles. The van der Waals surface area contributed by atoms with Gasteiger partial charge in [-0.15, -0.1) is 11.6 Å². The minimum atomic E-state index is 0.0171. The number of nitrogens with two attached hydrogens (primary N) is 1. The van der Waals surface area contributed by atoms with Gasteiger partial charge in [-0.2, -0.15) is 0 Å². The Kier molecular flexibility index (Phi) is 11.5. The van der Waals surface area contributed by atoms with Crippen molar-refractivity contribution < 1.29 is 0 Å². The third-order valence-corrected chi connectivity index (χ3v) is 3.84. The third kappa shape index (κ3) is 9.91. The van der Waals surface area contributed by atoms with Crippen LogP contribution < -0.4 is 5.73 Å². The Morgan fingerprint density at radius 3 is 1.59 bits per heavy atom. The van der Waals surface area contributed by atoms with Crippen LogP contribution in [0.25, 0.3) is 0 Å². The molecule has 0 atom stereocenters. The molecule has 2 N–H and O–H groups in total. The summed E-state index contributed by atoms with van der Waals surface area (Å²) in [6.07, 6.45) is 13.8. The van der Waals surface area contributed by atoms with Crippen molar-refractivity contribution in [1.82, 2.24) is 0 Å². The van der Waals surface area contributed by atoms with Crippen LogP contribution in [0.5, 0.6) is 0 Å². The number of alkyl halides is 1. The quantitative estimate of drug-likeness (QED) is 0.377. The zero-order valence-electron chi connectivity index (χ0n) is 11.9. The lowest BCUT2D eigenvalue weighted by Crippen LogP contribution is -2.40. The van der Waals surface area contributed by atoms with Crippen molar-refractivity contribution in [3.63, 3.8) is 0 Å². The largest absolute Gasteiger partial charge is 0.325 e. The summed E-state index contributed by atoms with van der Waals surface area (Å²) in [7, 11) is 0. The molecule has 0 rings (SSSR count). The molecule has 0 aromatic heterocycles. The van der Waals surface area contributed by atoms with Crippen molar-refractivity contribution in [2.75, 3.05) is 5.88 Å². The molecule has 0 aromatic carbocycles. The first-order valence-electron chi connectivity index (χ1n) is 7.53. The molecule has 0 aliphatic carbocycles. The average molecular weight is 262 g/mol. The molecule has 0 bridgehead atoms. The second-order valence-corrected chi connectivity index (χ2v) is 5.80. The van der Waals surface area contributed by atoms with Gasteiger partial charge >= 0.3 is 0 Å². The summed E-state index contributed by atoms with van der Waals surface area (Å²) < 4.78 is 0. The molecule has 0 heterocycles. The van der Waals surface area contributed by atoms with Crippen molar-refractivity contribution in [2.24, 2.45) is 5.73 Å². The van der Waals surface area contributed by atoms with E-state index in [4.69, 9.17) is 17.3 Å². The van der Waals surface area contributed by atoms with Crippen LogP contribution in [0.2, 0.25) is 0 Å². The predicted molar refractivity (Wildman–Crippen MR) is 79.8 cm³/mol. The first kappa shape index (κ1) is 17.2. The van der Waals surface area contributed by atoms with E-state index >= 15 is 0 Å². The fourth-order valence-corrected chi connectivity index (χ4v) is 2.75. The van der Waals surface area contributed by atoms with Crippen molar-refractivity contribution in [3.8, 4) is 0 Å². The van der Waals surface area contributed by atoms with Gasteiger partial charge in [-0.05, 0) is 19.3 Å². The average Bonchev–Trinajstić information content (AvgIpc) is 2.31. The Hall–Kier alpha value is 0.250. The van der Waals surface area contributed by atoms with Crippen LogP contribution in [0.1, 0.15) is 84.5 Å². The molecule has 0 radical (unpaired) electrons. The number of hydrogen-bond acceptors (Lipinski definition) is 1. The highest BCUT2D eigenvalue weighted by Crippen LogP contribution is 2.24. The van der Waals surface area contributed by atoms with Gasteiger partial charge in [0, 0.05) is 11.4 Å². The molecule has 0 spiro atoms. The third-order valence-electron chi connectivity index (χ3n) is 3.65. The normalized spacial score (nSPS) is 12.0. The topological polar surface area (TPSA) is 26.0 Å². The standard InChI is InChI=1S/C15H32ClN/c1-3-5-7-9-11-15(17,13-14-16)12-10-8-6-4-2/h3-14,17H2,1-2H3. The Bertz CT molecular complexity index is 147. The van der Waals surface area contributed by atoms with Crippen molar-refractivity contribution in [1.29, 1.82) is 0 Å². The molecule has 1 nitrogen and oxygen atoms in total. The van der Waals surface area contributed by atoms with E-state index in [-0.39, 0.29) is 5.54 Å². The van der Waals surface area contributed by atoms with E-state index in [1.54, 1.807) is 0 Å². The van der Waals surface area contributed by atoms with E-state index in [9.17, 15) is 0 Å². The van der Waals surface area contributed by atoms with Gasteiger partial charge in [0.1, 0.15) is 0 Å². The molecule has 2 heteroatoms. The highest BCUT2D eigenvalue weighted by Gasteiger charge is 2.22. The van der Waals surface area contributed by atoms with Crippen molar-refractivity contribution in [2.45, 2.75) is 90.0 Å². The fourth-order valence-electron chi connectivity index (χ4n) is 2.37. The predicted octanol–water partition coefficient (Wildman–Crippen LogP) is 5.25. The fraction of sp³-hybridized carbons (Fsp3) is 1.00. The molecule has 17 heavy (non-hydrogen) atoms. The maximum atomic E-state index is 6.49. The molecule has 0 saturated carbocycles. The molecule has 0 aromatic rings. The molecular formula is C15H32ClN. The summed E-state index contributed by atoms with van der Waals surface area (Å²) in [5, 5.41) is 0. The minimum Gasteiger partial charge on any atom is -0.325 e. The Morgan fingerprint density at radius 2 is 1.24 bits per heavy atom. The van der Waals surface area contributed by atoms with Crippen LogP contribution in [0.3, 0.4) is 0 Å². The Balaban J connectivity index is 3.80. The van der Waals surface area contributed by atoms with Crippen LogP contribution in [0, 0.1) is 0 Å². The molecule has 0 aliphatic rings. The van der Waals surface area contributed by atoms with Crippen LogP contribution in [-0.2, 0) is 0 Å². The van der Waals surface area contributed by atoms with E-state index < -0.39 is 0 Å². The van der Waals surface area contributed by atoms with Crippen LogP contribution >= 0.6 is 11.6 Å². The zero-order valence-corrected chi connectivity index (χ0v) is 12.7. The van der Waals surface area contributed by atoms with Gasteiger partial charge in [0.15, 0.2) is 0 Å². The number of halogens is 1. The van der Waals surface area contributed by atoms with E-state index in [0.29, 0.717) is 5.88 Å². The second-order valence-electron chi connectivity index (χ2n) is 5.42. The summed E-state index contributed by atoms with van der Waals surface area (Å²) >= 11 is 5.89. The van der Waals surface area contributed by atoms with Crippen molar-refractivity contribution in [3.05, 3.63) is 0 Å². The maximum absolute atomic E-state index is 6.49. The lowest BCUT2D eigenvalue weighted by molar-refractivity contribution is 0.327. The summed E-state index contributed by atoms with van der Waals surface area (Å²) in [6, 6.07) is 0. The monoisotopic (exact) mass is 261 g/mol. The lowest BCUT2D eigenvalue weighted by atomic mass is 9.85. The van der Waals surface area contributed by atoms with E-state index in [2.05, 4.69) is 13.8 Å². The van der Waals surface area contributed by atoms with Gasteiger partial charge in [-0.25, -0.2) is 0 Å². The van der Waals surface area contributed by atoms with Gasteiger partial charge in [0.25, 0.3) is 0 Å². The highest BCUT2D eigenvalue weighted by atomic mass is 35.5.